The van der Waals surface area contributed by atoms with Gasteiger partial charge in [0.1, 0.15) is 0 Å². The topological polar surface area (TPSA) is 0 Å². The molecule has 66 valence electrons. The van der Waals surface area contributed by atoms with Crippen molar-refractivity contribution in [2.45, 2.75) is 25.7 Å². The summed E-state index contributed by atoms with van der Waals surface area (Å²) in [6.07, 6.45) is 14.5. The first-order chi connectivity index (χ1) is 5.41. The van der Waals surface area contributed by atoms with E-state index in [-0.39, 0.29) is 15.1 Å². The zero-order valence-corrected chi connectivity index (χ0v) is 9.30. The van der Waals surface area contributed by atoms with E-state index in [9.17, 15) is 0 Å². The molecule has 0 amide bonds. The second-order valence-electron chi connectivity index (χ2n) is 2.09. The van der Waals surface area contributed by atoms with Crippen molar-refractivity contribution < 1.29 is 15.1 Å². The van der Waals surface area contributed by atoms with Crippen LogP contribution < -0.4 is 0 Å². The summed E-state index contributed by atoms with van der Waals surface area (Å²) in [6, 6.07) is 0. The Balaban J connectivity index is 0.000000292. The molecule has 0 aromatic rings. The Morgan fingerprint density at radius 2 is 2.00 bits per heavy atom. The molecule has 0 unspecified atom stereocenters. The van der Waals surface area contributed by atoms with Crippen molar-refractivity contribution in [1.29, 1.82) is 0 Å². The van der Waals surface area contributed by atoms with Gasteiger partial charge in [0.2, 0.25) is 0 Å². The number of halogens is 2. The molecule has 0 heterocycles. The summed E-state index contributed by atoms with van der Waals surface area (Å²) in [7, 11) is 9.67. The molecule has 3 heteroatoms. The van der Waals surface area contributed by atoms with E-state index in [1.54, 1.807) is 0 Å². The van der Waals surface area contributed by atoms with Crippen molar-refractivity contribution in [1.82, 2.24) is 0 Å². The Morgan fingerprint density at radius 3 is 2.73 bits per heavy atom. The van der Waals surface area contributed by atoms with Crippen LogP contribution in [-0.4, -0.2) is 0 Å². The first-order valence-corrected chi connectivity index (χ1v) is 7.69. The number of hydrogen-bond acceptors (Lipinski definition) is 0. The van der Waals surface area contributed by atoms with E-state index in [2.05, 4.69) is 18.2 Å². The average molecular weight is 281 g/mol. The number of rotatable bonds is 0. The third kappa shape index (κ3) is 10.7. The molecule has 1 rings (SSSR count). The van der Waals surface area contributed by atoms with Gasteiger partial charge in [0.25, 0.3) is 0 Å². The van der Waals surface area contributed by atoms with Crippen LogP contribution in [0.4, 0.5) is 0 Å². The minimum absolute atomic E-state index is 0.226. The maximum atomic E-state index is 4.83. The first-order valence-electron chi connectivity index (χ1n) is 3.47. The SMILES string of the molecule is [C-]1=CC=CCCCC1.[Cl][Rh+][Cl]. The van der Waals surface area contributed by atoms with E-state index in [0.717, 1.165) is 6.42 Å². The molecule has 0 saturated carbocycles. The second-order valence-corrected chi connectivity index (χ2v) is 4.58. The molecule has 0 fully saturated rings. The van der Waals surface area contributed by atoms with Crippen LogP contribution >= 0.6 is 19.4 Å². The molecule has 0 saturated heterocycles. The predicted octanol–water partition coefficient (Wildman–Crippen LogP) is 3.85. The van der Waals surface area contributed by atoms with Crippen LogP contribution in [0.5, 0.6) is 0 Å². The third-order valence-corrected chi connectivity index (χ3v) is 1.29. The normalized spacial score (nSPS) is 16.5. The summed E-state index contributed by atoms with van der Waals surface area (Å²) >= 11 is -0.226. The zero-order chi connectivity index (χ0) is 8.36. The molecule has 0 nitrogen and oxygen atoms in total. The Hall–Kier alpha value is 0.683. The molecule has 0 spiro atoms. The van der Waals surface area contributed by atoms with Crippen molar-refractivity contribution in [2.75, 3.05) is 0 Å². The van der Waals surface area contributed by atoms with Gasteiger partial charge in [0.05, 0.1) is 0 Å². The van der Waals surface area contributed by atoms with E-state index < -0.39 is 0 Å². The maximum absolute atomic E-state index is 4.83. The van der Waals surface area contributed by atoms with Gasteiger partial charge in [-0.25, -0.2) is 12.2 Å². The monoisotopic (exact) mass is 280 g/mol. The van der Waals surface area contributed by atoms with E-state index >= 15 is 0 Å². The Kier molecular flexibility index (Phi) is 11.3. The van der Waals surface area contributed by atoms with Gasteiger partial charge >= 0.3 is 34.5 Å². The van der Waals surface area contributed by atoms with Gasteiger partial charge in [-0.2, -0.15) is 6.08 Å². The van der Waals surface area contributed by atoms with Gasteiger partial charge < -0.3 is 0 Å². The molecule has 0 aliphatic heterocycles. The second kappa shape index (κ2) is 10.7. The van der Waals surface area contributed by atoms with Crippen molar-refractivity contribution in [3.05, 3.63) is 24.3 Å². The van der Waals surface area contributed by atoms with Gasteiger partial charge in [0.15, 0.2) is 0 Å². The molecule has 0 atom stereocenters. The molecule has 0 aromatic heterocycles. The van der Waals surface area contributed by atoms with Gasteiger partial charge in [-0.1, -0.05) is 19.3 Å². The number of allylic oxidation sites excluding steroid dienone is 4. The Labute approximate surface area is 84.3 Å². The fraction of sp³-hybridized carbons (Fsp3) is 0.500. The van der Waals surface area contributed by atoms with Crippen LogP contribution in [-0.2, 0) is 15.1 Å². The summed E-state index contributed by atoms with van der Waals surface area (Å²) in [4.78, 5) is 0. The predicted molar refractivity (Wildman–Crippen MR) is 47.1 cm³/mol. The van der Waals surface area contributed by atoms with Crippen molar-refractivity contribution in [3.63, 3.8) is 0 Å². The van der Waals surface area contributed by atoms with Gasteiger partial charge in [-0.05, 0) is 0 Å². The van der Waals surface area contributed by atoms with Crippen LogP contribution in [0.1, 0.15) is 25.7 Å². The molecule has 1 aliphatic rings. The molecule has 0 N–H and O–H groups in total. The Bertz CT molecular complexity index is 107. The third-order valence-electron chi connectivity index (χ3n) is 1.29. The summed E-state index contributed by atoms with van der Waals surface area (Å²) < 4.78 is 0. The molecule has 0 radical (unpaired) electrons. The van der Waals surface area contributed by atoms with Crippen molar-refractivity contribution in [2.24, 2.45) is 0 Å². The molecule has 0 aromatic carbocycles. The van der Waals surface area contributed by atoms with E-state index in [4.69, 9.17) is 19.4 Å². The van der Waals surface area contributed by atoms with Gasteiger partial charge in [0, 0.05) is 0 Å². The first kappa shape index (κ1) is 11.7. The summed E-state index contributed by atoms with van der Waals surface area (Å²) in [5, 5.41) is 0. The van der Waals surface area contributed by atoms with Crippen LogP contribution in [0.2, 0.25) is 0 Å². The molecule has 0 bridgehead atoms. The fourth-order valence-corrected chi connectivity index (χ4v) is 0.805. The van der Waals surface area contributed by atoms with Gasteiger partial charge in [-0.15, -0.1) is 6.42 Å². The van der Waals surface area contributed by atoms with Crippen LogP contribution in [0.3, 0.4) is 0 Å². The minimum atomic E-state index is -0.226. The van der Waals surface area contributed by atoms with E-state index in [0.29, 0.717) is 0 Å². The summed E-state index contributed by atoms with van der Waals surface area (Å²) in [6.45, 7) is 0. The molecular weight excluding hydrogens is 270 g/mol. The Morgan fingerprint density at radius 1 is 1.27 bits per heavy atom. The fourth-order valence-electron chi connectivity index (χ4n) is 0.805. The standard InChI is InChI=1S/C8H11.2ClH.Rh/c1-2-4-6-8-7-5-3-1;;;/h1-3H,4,6-8H2;2*1H;/q-1;;;+3/p-2. The average Bonchev–Trinajstić information content (AvgIpc) is 1.86. The van der Waals surface area contributed by atoms with E-state index in [1.807, 2.05) is 6.08 Å². The number of hydrogen-bond donors (Lipinski definition) is 0. The van der Waals surface area contributed by atoms with E-state index in [1.165, 1.54) is 19.3 Å². The van der Waals surface area contributed by atoms with Gasteiger partial charge in [-0.3, -0.25) is 6.08 Å². The molecule has 1 aliphatic carbocycles. The summed E-state index contributed by atoms with van der Waals surface area (Å²) in [5.41, 5.74) is 0. The van der Waals surface area contributed by atoms with Crippen LogP contribution in [0.25, 0.3) is 0 Å². The van der Waals surface area contributed by atoms with Crippen molar-refractivity contribution >= 4 is 19.4 Å². The van der Waals surface area contributed by atoms with Crippen LogP contribution in [0.15, 0.2) is 18.2 Å². The molecule has 11 heavy (non-hydrogen) atoms. The van der Waals surface area contributed by atoms with Crippen molar-refractivity contribution in [3.8, 4) is 0 Å². The zero-order valence-electron chi connectivity index (χ0n) is 6.15. The van der Waals surface area contributed by atoms with Crippen LogP contribution in [0, 0.1) is 6.08 Å². The molecular formula is C8H11Cl2Rh. The summed E-state index contributed by atoms with van der Waals surface area (Å²) in [5.74, 6) is 0. The quantitative estimate of drug-likeness (QED) is 0.467.